The van der Waals surface area contributed by atoms with Crippen molar-refractivity contribution in [2.75, 3.05) is 0 Å². The third-order valence-electron chi connectivity index (χ3n) is 2.89. The van der Waals surface area contributed by atoms with Crippen LogP contribution in [0.4, 0.5) is 0 Å². The van der Waals surface area contributed by atoms with E-state index >= 15 is 0 Å². The highest BCUT2D eigenvalue weighted by atomic mass is 79.9. The summed E-state index contributed by atoms with van der Waals surface area (Å²) in [4.78, 5) is 23.5. The number of carbonyl (C=O) groups is 2. The quantitative estimate of drug-likeness (QED) is 0.653. The number of nitrogens with one attached hydrogen (secondary N) is 2. The summed E-state index contributed by atoms with van der Waals surface area (Å²) in [5, 5.41) is 0. The molecule has 0 bridgehead atoms. The highest BCUT2D eigenvalue weighted by molar-refractivity contribution is 9.10. The molecule has 4 nitrogen and oxygen atoms in total. The molecule has 2 rings (SSSR count). The van der Waals surface area contributed by atoms with Crippen LogP contribution in [0.5, 0.6) is 0 Å². The molecule has 2 aromatic rings. The summed E-state index contributed by atoms with van der Waals surface area (Å²) in [5.41, 5.74) is 7.15. The van der Waals surface area contributed by atoms with E-state index in [1.165, 1.54) is 6.08 Å². The van der Waals surface area contributed by atoms with Gasteiger partial charge in [0.25, 0.3) is 11.8 Å². The monoisotopic (exact) mass is 358 g/mol. The molecule has 0 aliphatic carbocycles. The molecule has 0 aliphatic heterocycles. The predicted octanol–water partition coefficient (Wildman–Crippen LogP) is 3.23. The lowest BCUT2D eigenvalue weighted by Gasteiger charge is -2.05. The average molecular weight is 359 g/mol. The maximum absolute atomic E-state index is 11.8. The van der Waals surface area contributed by atoms with Crippen LogP contribution >= 0.6 is 15.9 Å². The summed E-state index contributed by atoms with van der Waals surface area (Å²) in [7, 11) is 0. The van der Waals surface area contributed by atoms with Crippen LogP contribution in [0.1, 0.15) is 21.5 Å². The molecule has 0 heterocycles. The van der Waals surface area contributed by atoms with Gasteiger partial charge in [0.15, 0.2) is 0 Å². The lowest BCUT2D eigenvalue weighted by molar-refractivity contribution is -0.117. The van der Waals surface area contributed by atoms with Crippen LogP contribution in [0.2, 0.25) is 0 Å². The average Bonchev–Trinajstić information content (AvgIpc) is 2.51. The van der Waals surface area contributed by atoms with Gasteiger partial charge in [-0.25, -0.2) is 0 Å². The third-order valence-corrected chi connectivity index (χ3v) is 3.38. The summed E-state index contributed by atoms with van der Waals surface area (Å²) in [6.07, 6.45) is 3.02. The van der Waals surface area contributed by atoms with E-state index in [4.69, 9.17) is 0 Å². The van der Waals surface area contributed by atoms with Crippen molar-refractivity contribution in [3.8, 4) is 0 Å². The first kappa shape index (κ1) is 16.0. The van der Waals surface area contributed by atoms with E-state index in [0.717, 1.165) is 15.6 Å². The van der Waals surface area contributed by atoms with E-state index in [1.807, 2.05) is 43.3 Å². The van der Waals surface area contributed by atoms with E-state index in [-0.39, 0.29) is 5.91 Å². The molecular weight excluding hydrogens is 344 g/mol. The van der Waals surface area contributed by atoms with Gasteiger partial charge in [0, 0.05) is 16.1 Å². The highest BCUT2D eigenvalue weighted by Crippen LogP contribution is 2.12. The molecule has 0 radical (unpaired) electrons. The minimum atomic E-state index is -0.402. The number of rotatable bonds is 3. The van der Waals surface area contributed by atoms with Crippen molar-refractivity contribution in [2.24, 2.45) is 0 Å². The van der Waals surface area contributed by atoms with Crippen LogP contribution in [-0.4, -0.2) is 11.8 Å². The molecule has 0 saturated heterocycles. The van der Waals surface area contributed by atoms with E-state index < -0.39 is 5.91 Å². The van der Waals surface area contributed by atoms with Crippen molar-refractivity contribution in [3.05, 3.63) is 75.8 Å². The number of hydrogen-bond donors (Lipinski definition) is 2. The molecule has 0 unspecified atom stereocenters. The Hall–Kier alpha value is -2.40. The van der Waals surface area contributed by atoms with Gasteiger partial charge in [-0.2, -0.15) is 0 Å². The second-order valence-electron chi connectivity index (χ2n) is 4.70. The molecule has 2 N–H and O–H groups in total. The van der Waals surface area contributed by atoms with Crippen LogP contribution in [0.15, 0.2) is 59.1 Å². The fourth-order valence-corrected chi connectivity index (χ4v) is 2.14. The Labute approximate surface area is 137 Å². The Kier molecular flexibility index (Phi) is 5.49. The van der Waals surface area contributed by atoms with Crippen LogP contribution < -0.4 is 10.9 Å². The van der Waals surface area contributed by atoms with Gasteiger partial charge in [0.2, 0.25) is 0 Å². The predicted molar refractivity (Wildman–Crippen MR) is 90.0 cm³/mol. The number of hydrogen-bond acceptors (Lipinski definition) is 2. The number of hydrazine groups is 1. The van der Waals surface area contributed by atoms with E-state index in [0.29, 0.717) is 5.56 Å². The zero-order valence-electron chi connectivity index (χ0n) is 12.0. The summed E-state index contributed by atoms with van der Waals surface area (Å²) in [5.74, 6) is -0.760. The second-order valence-corrected chi connectivity index (χ2v) is 5.61. The molecule has 0 atom stereocenters. The van der Waals surface area contributed by atoms with Crippen LogP contribution in [0, 0.1) is 6.92 Å². The first-order valence-corrected chi connectivity index (χ1v) is 7.44. The minimum absolute atomic E-state index is 0.357. The van der Waals surface area contributed by atoms with Crippen molar-refractivity contribution >= 4 is 33.8 Å². The second kappa shape index (κ2) is 7.56. The van der Waals surface area contributed by atoms with Gasteiger partial charge in [-0.1, -0.05) is 45.8 Å². The molecule has 0 spiro atoms. The molecule has 0 aliphatic rings. The largest absolute Gasteiger partial charge is 0.269 e. The summed E-state index contributed by atoms with van der Waals surface area (Å²) >= 11 is 3.36. The van der Waals surface area contributed by atoms with Gasteiger partial charge in [-0.05, 0) is 42.8 Å². The van der Waals surface area contributed by atoms with Crippen molar-refractivity contribution in [1.82, 2.24) is 10.9 Å². The number of amides is 2. The summed E-state index contributed by atoms with van der Waals surface area (Å²) in [6.45, 7) is 1.94. The third kappa shape index (κ3) is 4.86. The molecule has 0 saturated carbocycles. The normalized spacial score (nSPS) is 10.5. The van der Waals surface area contributed by atoms with Crippen molar-refractivity contribution in [2.45, 2.75) is 6.92 Å². The lowest BCUT2D eigenvalue weighted by atomic mass is 10.1. The fraction of sp³-hybridized carbons (Fsp3) is 0.0588. The summed E-state index contributed by atoms with van der Waals surface area (Å²) < 4.78 is 0.933. The number of halogens is 1. The highest BCUT2D eigenvalue weighted by Gasteiger charge is 2.05. The van der Waals surface area contributed by atoms with Gasteiger partial charge in [0.1, 0.15) is 0 Å². The van der Waals surface area contributed by atoms with Crippen molar-refractivity contribution in [3.63, 3.8) is 0 Å². The van der Waals surface area contributed by atoms with Gasteiger partial charge in [-0.3, -0.25) is 20.4 Å². The topological polar surface area (TPSA) is 58.2 Å². The molecule has 5 heteroatoms. The Morgan fingerprint density at radius 1 is 1.05 bits per heavy atom. The lowest BCUT2D eigenvalue weighted by Crippen LogP contribution is -2.40. The SMILES string of the molecule is Cc1ccc(C(=O)NNC(=O)/C=C/c2cccc(Br)c2)cc1. The van der Waals surface area contributed by atoms with E-state index in [2.05, 4.69) is 26.8 Å². The Morgan fingerprint density at radius 3 is 2.45 bits per heavy atom. The van der Waals surface area contributed by atoms with Gasteiger partial charge >= 0.3 is 0 Å². The zero-order valence-corrected chi connectivity index (χ0v) is 13.6. The van der Waals surface area contributed by atoms with E-state index in [1.54, 1.807) is 18.2 Å². The Morgan fingerprint density at radius 2 is 1.77 bits per heavy atom. The fourth-order valence-electron chi connectivity index (χ4n) is 1.72. The van der Waals surface area contributed by atoms with Crippen molar-refractivity contribution in [1.29, 1.82) is 0 Å². The van der Waals surface area contributed by atoms with Crippen molar-refractivity contribution < 1.29 is 9.59 Å². The number of carbonyl (C=O) groups excluding carboxylic acids is 2. The van der Waals surface area contributed by atoms with Crippen LogP contribution in [-0.2, 0) is 4.79 Å². The van der Waals surface area contributed by atoms with E-state index in [9.17, 15) is 9.59 Å². The van der Waals surface area contributed by atoms with Gasteiger partial charge in [0.05, 0.1) is 0 Å². The van der Waals surface area contributed by atoms with Gasteiger partial charge < -0.3 is 0 Å². The Balaban J connectivity index is 1.87. The maximum Gasteiger partial charge on any atom is 0.269 e. The smallest absolute Gasteiger partial charge is 0.268 e. The Bertz CT molecular complexity index is 709. The molecule has 0 aromatic heterocycles. The first-order valence-electron chi connectivity index (χ1n) is 6.65. The summed E-state index contributed by atoms with van der Waals surface area (Å²) in [6, 6.07) is 14.6. The zero-order chi connectivity index (χ0) is 15.9. The standard InChI is InChI=1S/C17H15BrN2O2/c1-12-5-8-14(9-6-12)17(22)20-19-16(21)10-7-13-3-2-4-15(18)11-13/h2-11H,1H3,(H,19,21)(H,20,22)/b10-7+. The van der Waals surface area contributed by atoms with Crippen LogP contribution in [0.25, 0.3) is 6.08 Å². The molecule has 2 aromatic carbocycles. The maximum atomic E-state index is 11.8. The molecular formula is C17H15BrN2O2. The van der Waals surface area contributed by atoms with Gasteiger partial charge in [-0.15, -0.1) is 0 Å². The molecule has 0 fully saturated rings. The minimum Gasteiger partial charge on any atom is -0.268 e. The number of aryl methyl sites for hydroxylation is 1. The first-order chi connectivity index (χ1) is 10.5. The number of benzene rings is 2. The van der Waals surface area contributed by atoms with Crippen LogP contribution in [0.3, 0.4) is 0 Å². The molecule has 112 valence electrons. The molecule has 2 amide bonds. The molecule has 22 heavy (non-hydrogen) atoms.